The topological polar surface area (TPSA) is 115 Å². The Morgan fingerprint density at radius 2 is 1.74 bits per heavy atom. The van der Waals surface area contributed by atoms with Crippen molar-refractivity contribution in [1.82, 2.24) is 14.8 Å². The molecule has 12 heteroatoms. The number of hydrogen-bond donors (Lipinski definition) is 2. The molecule has 0 unspecified atom stereocenters. The summed E-state index contributed by atoms with van der Waals surface area (Å²) in [6.45, 7) is 3.29. The molecule has 200 valence electrons. The van der Waals surface area contributed by atoms with E-state index in [1.165, 1.54) is 43.2 Å². The largest absolute Gasteiger partial charge is 0.507 e. The van der Waals surface area contributed by atoms with Crippen LogP contribution in [0.1, 0.15) is 27.6 Å². The van der Waals surface area contributed by atoms with Crippen molar-refractivity contribution in [1.29, 1.82) is 0 Å². The lowest BCUT2D eigenvalue weighted by Gasteiger charge is -2.34. The van der Waals surface area contributed by atoms with E-state index in [-0.39, 0.29) is 29.2 Å². The SMILES string of the molecule is COc1cc(O)c(Sc2cnc(NC(=O)c3ccc(N(C)C)cc3)s2)cc1C(=O)N1CCN(C(C)=O)CC1. The third-order valence-electron chi connectivity index (χ3n) is 6.09. The van der Waals surface area contributed by atoms with Gasteiger partial charge < -0.3 is 24.5 Å². The summed E-state index contributed by atoms with van der Waals surface area (Å²) in [7, 11) is 5.30. The van der Waals surface area contributed by atoms with Crippen LogP contribution in [0.4, 0.5) is 10.8 Å². The molecule has 2 heterocycles. The normalized spacial score (nSPS) is 13.3. The maximum Gasteiger partial charge on any atom is 0.257 e. The molecule has 1 aromatic heterocycles. The molecule has 38 heavy (non-hydrogen) atoms. The Balaban J connectivity index is 1.46. The highest BCUT2D eigenvalue weighted by Gasteiger charge is 2.26. The van der Waals surface area contributed by atoms with Crippen molar-refractivity contribution >= 4 is 51.6 Å². The lowest BCUT2D eigenvalue weighted by Crippen LogP contribution is -2.50. The molecular weight excluding hydrogens is 526 g/mol. The zero-order valence-electron chi connectivity index (χ0n) is 21.6. The monoisotopic (exact) mass is 555 g/mol. The van der Waals surface area contributed by atoms with Crippen LogP contribution in [0.15, 0.2) is 51.7 Å². The fourth-order valence-corrected chi connectivity index (χ4v) is 5.80. The molecule has 10 nitrogen and oxygen atoms in total. The number of rotatable bonds is 7. The van der Waals surface area contributed by atoms with Crippen molar-refractivity contribution in [3.05, 3.63) is 53.7 Å². The first kappa shape index (κ1) is 27.3. The predicted octanol–water partition coefficient (Wildman–Crippen LogP) is 3.63. The zero-order chi connectivity index (χ0) is 27.4. The van der Waals surface area contributed by atoms with Gasteiger partial charge in [-0.3, -0.25) is 19.7 Å². The number of methoxy groups -OCH3 is 1. The van der Waals surface area contributed by atoms with Crippen LogP contribution in [0.25, 0.3) is 0 Å². The van der Waals surface area contributed by atoms with E-state index in [1.54, 1.807) is 34.2 Å². The van der Waals surface area contributed by atoms with E-state index in [2.05, 4.69) is 10.3 Å². The van der Waals surface area contributed by atoms with E-state index >= 15 is 0 Å². The minimum absolute atomic E-state index is 0.0136. The van der Waals surface area contributed by atoms with E-state index in [9.17, 15) is 19.5 Å². The van der Waals surface area contributed by atoms with E-state index in [0.29, 0.717) is 47.3 Å². The molecular formula is C26H29N5O5S2. The third kappa shape index (κ3) is 6.20. The fourth-order valence-electron chi connectivity index (χ4n) is 3.91. The first-order valence-corrected chi connectivity index (χ1v) is 13.5. The Morgan fingerprint density at radius 1 is 1.08 bits per heavy atom. The van der Waals surface area contributed by atoms with Gasteiger partial charge >= 0.3 is 0 Å². The van der Waals surface area contributed by atoms with Gasteiger partial charge in [-0.05, 0) is 30.3 Å². The molecule has 2 aromatic carbocycles. The highest BCUT2D eigenvalue weighted by Crippen LogP contribution is 2.41. The molecule has 1 aliphatic rings. The summed E-state index contributed by atoms with van der Waals surface area (Å²) < 4.78 is 6.09. The number of ether oxygens (including phenoxy) is 1. The number of thiazole rings is 1. The van der Waals surface area contributed by atoms with Crippen molar-refractivity contribution in [3.63, 3.8) is 0 Å². The molecule has 4 rings (SSSR count). The average Bonchev–Trinajstić information content (AvgIpc) is 3.35. The van der Waals surface area contributed by atoms with Crippen molar-refractivity contribution < 1.29 is 24.2 Å². The molecule has 1 fully saturated rings. The van der Waals surface area contributed by atoms with Crippen LogP contribution in [0.5, 0.6) is 11.5 Å². The summed E-state index contributed by atoms with van der Waals surface area (Å²) in [6, 6.07) is 10.3. The van der Waals surface area contributed by atoms with Crippen LogP contribution >= 0.6 is 23.1 Å². The summed E-state index contributed by atoms with van der Waals surface area (Å²) in [5.41, 5.74) is 1.83. The van der Waals surface area contributed by atoms with E-state index < -0.39 is 0 Å². The number of aromatic nitrogens is 1. The molecule has 0 aliphatic carbocycles. The van der Waals surface area contributed by atoms with Gasteiger partial charge in [-0.2, -0.15) is 0 Å². The quantitative estimate of drug-likeness (QED) is 0.454. The predicted molar refractivity (Wildman–Crippen MR) is 148 cm³/mol. The van der Waals surface area contributed by atoms with Crippen LogP contribution in [0.2, 0.25) is 0 Å². The number of benzene rings is 2. The summed E-state index contributed by atoms with van der Waals surface area (Å²) in [6.07, 6.45) is 1.60. The van der Waals surface area contributed by atoms with E-state index in [0.717, 1.165) is 9.90 Å². The number of carbonyl (C=O) groups is 3. The van der Waals surface area contributed by atoms with Crippen LogP contribution in [-0.4, -0.2) is 85.0 Å². The zero-order valence-corrected chi connectivity index (χ0v) is 23.2. The molecule has 0 saturated carbocycles. The van der Waals surface area contributed by atoms with Gasteiger partial charge in [-0.15, -0.1) is 0 Å². The number of phenols is 1. The lowest BCUT2D eigenvalue weighted by molar-refractivity contribution is -0.130. The number of piperazine rings is 1. The number of phenolic OH excluding ortho intramolecular Hbond substituents is 1. The standard InChI is InChI=1S/C26H29N5O5S2/c1-16(32)30-9-11-31(12-10-30)25(35)19-13-22(20(33)14-21(19)36-4)37-23-15-27-26(38-23)28-24(34)17-5-7-18(8-6-17)29(2)3/h5-8,13-15,33H,9-12H2,1-4H3,(H,27,28,34). The smallest absolute Gasteiger partial charge is 0.257 e. The maximum absolute atomic E-state index is 13.3. The summed E-state index contributed by atoms with van der Waals surface area (Å²) in [5, 5.41) is 13.8. The molecule has 3 aromatic rings. The number of nitrogens with one attached hydrogen (secondary N) is 1. The van der Waals surface area contributed by atoms with E-state index in [4.69, 9.17) is 4.74 Å². The van der Waals surface area contributed by atoms with Crippen LogP contribution in [-0.2, 0) is 4.79 Å². The summed E-state index contributed by atoms with van der Waals surface area (Å²) in [4.78, 5) is 47.6. The Labute approximate surface area is 229 Å². The van der Waals surface area contributed by atoms with Crippen LogP contribution < -0.4 is 15.0 Å². The maximum atomic E-state index is 13.3. The van der Waals surface area contributed by atoms with Gasteiger partial charge in [0.1, 0.15) is 11.5 Å². The minimum atomic E-state index is -0.272. The second-order valence-corrected chi connectivity index (χ2v) is 11.2. The number of anilines is 2. The minimum Gasteiger partial charge on any atom is -0.507 e. The van der Waals surface area contributed by atoms with Gasteiger partial charge in [0.25, 0.3) is 11.8 Å². The fraction of sp³-hybridized carbons (Fsp3) is 0.308. The first-order chi connectivity index (χ1) is 18.2. The lowest BCUT2D eigenvalue weighted by atomic mass is 10.1. The highest BCUT2D eigenvalue weighted by molar-refractivity contribution is 8.01. The van der Waals surface area contributed by atoms with Crippen LogP contribution in [0, 0.1) is 0 Å². The molecule has 0 atom stereocenters. The average molecular weight is 556 g/mol. The van der Waals surface area contributed by atoms with E-state index in [1.807, 2.05) is 31.1 Å². The summed E-state index contributed by atoms with van der Waals surface area (Å²) in [5.74, 6) is -0.288. The Bertz CT molecular complexity index is 1330. The Kier molecular flexibility index (Phi) is 8.42. The van der Waals surface area contributed by atoms with Crippen molar-refractivity contribution in [2.75, 3.05) is 57.6 Å². The van der Waals surface area contributed by atoms with Crippen molar-refractivity contribution in [2.45, 2.75) is 16.0 Å². The second kappa shape index (κ2) is 11.7. The summed E-state index contributed by atoms with van der Waals surface area (Å²) >= 11 is 2.49. The molecule has 0 bridgehead atoms. The van der Waals surface area contributed by atoms with Crippen molar-refractivity contribution in [2.24, 2.45) is 0 Å². The van der Waals surface area contributed by atoms with Gasteiger partial charge in [-0.1, -0.05) is 23.1 Å². The number of amides is 3. The number of carbonyl (C=O) groups excluding carboxylic acids is 3. The second-order valence-electron chi connectivity index (χ2n) is 8.80. The number of aromatic hydroxyl groups is 1. The van der Waals surface area contributed by atoms with Gasteiger partial charge in [0, 0.05) is 64.5 Å². The van der Waals surface area contributed by atoms with Gasteiger partial charge in [-0.25, -0.2) is 4.98 Å². The highest BCUT2D eigenvalue weighted by atomic mass is 32.2. The first-order valence-electron chi connectivity index (χ1n) is 11.8. The number of nitrogens with zero attached hydrogens (tertiary/aromatic N) is 4. The molecule has 2 N–H and O–H groups in total. The molecule has 1 saturated heterocycles. The molecule has 0 radical (unpaired) electrons. The van der Waals surface area contributed by atoms with Gasteiger partial charge in [0.05, 0.1) is 28.0 Å². The van der Waals surface area contributed by atoms with Gasteiger partial charge in [0.2, 0.25) is 5.91 Å². The van der Waals surface area contributed by atoms with Gasteiger partial charge in [0.15, 0.2) is 5.13 Å². The molecule has 3 amide bonds. The number of hydrogen-bond acceptors (Lipinski definition) is 9. The Morgan fingerprint density at radius 3 is 2.34 bits per heavy atom. The molecule has 1 aliphatic heterocycles. The molecule has 0 spiro atoms. The third-order valence-corrected chi connectivity index (χ3v) is 8.15. The Hall–Kier alpha value is -3.77. The van der Waals surface area contributed by atoms with Crippen molar-refractivity contribution in [3.8, 4) is 11.5 Å². The van der Waals surface area contributed by atoms with Crippen LogP contribution in [0.3, 0.4) is 0 Å².